The van der Waals surface area contributed by atoms with Crippen LogP contribution in [0.15, 0.2) is 47.4 Å². The molecule has 1 nitrogen and oxygen atoms in total. The second-order valence-corrected chi connectivity index (χ2v) is 6.95. The smallest absolute Gasteiger partial charge is 0.0232 e. The van der Waals surface area contributed by atoms with Gasteiger partial charge in [0.15, 0.2) is 0 Å². The maximum atomic E-state index is 3.51. The summed E-state index contributed by atoms with van der Waals surface area (Å²) in [6.07, 6.45) is 0. The normalized spacial score (nSPS) is 11.1. The van der Waals surface area contributed by atoms with Crippen molar-refractivity contribution < 1.29 is 0 Å². The number of hydrogen-bond donors (Lipinski definition) is 1. The van der Waals surface area contributed by atoms with Gasteiger partial charge in [0.1, 0.15) is 0 Å². The first-order chi connectivity index (χ1) is 10.0. The van der Waals surface area contributed by atoms with E-state index in [0.29, 0.717) is 6.04 Å². The molecule has 21 heavy (non-hydrogen) atoms. The zero-order valence-electron chi connectivity index (χ0n) is 13.4. The van der Waals surface area contributed by atoms with Gasteiger partial charge in [-0.25, -0.2) is 0 Å². The maximum Gasteiger partial charge on any atom is 0.0232 e. The molecular formula is C19H25NS. The highest BCUT2D eigenvalue weighted by molar-refractivity contribution is 7.98. The van der Waals surface area contributed by atoms with Gasteiger partial charge in [-0.1, -0.05) is 61.4 Å². The fraction of sp³-hybridized carbons (Fsp3) is 0.368. The molecule has 0 atom stereocenters. The quantitative estimate of drug-likeness (QED) is 0.745. The first kappa shape index (κ1) is 16.1. The lowest BCUT2D eigenvalue weighted by Crippen LogP contribution is -2.22. The van der Waals surface area contributed by atoms with Gasteiger partial charge in [0.25, 0.3) is 0 Å². The topological polar surface area (TPSA) is 12.0 Å². The third-order valence-electron chi connectivity index (χ3n) is 3.35. The lowest BCUT2D eigenvalue weighted by molar-refractivity contribution is 0.585. The third kappa shape index (κ3) is 5.22. The maximum absolute atomic E-state index is 3.51. The predicted octanol–water partition coefficient (Wildman–Crippen LogP) is 5.09. The first-order valence-electron chi connectivity index (χ1n) is 7.56. The Bertz CT molecular complexity index is 570. The van der Waals surface area contributed by atoms with Gasteiger partial charge in [-0.3, -0.25) is 0 Å². The molecule has 0 heterocycles. The second kappa shape index (κ2) is 7.67. The van der Waals surface area contributed by atoms with Gasteiger partial charge >= 0.3 is 0 Å². The highest BCUT2D eigenvalue weighted by Gasteiger charge is 2.04. The Balaban J connectivity index is 2.05. The molecule has 0 amide bonds. The van der Waals surface area contributed by atoms with E-state index in [1.807, 2.05) is 11.8 Å². The molecule has 0 spiro atoms. The molecule has 112 valence electrons. The largest absolute Gasteiger partial charge is 0.310 e. The Labute approximate surface area is 133 Å². The van der Waals surface area contributed by atoms with Crippen LogP contribution in [0.4, 0.5) is 0 Å². The van der Waals surface area contributed by atoms with E-state index in [9.17, 15) is 0 Å². The molecule has 0 bridgehead atoms. The van der Waals surface area contributed by atoms with Crippen LogP contribution < -0.4 is 5.32 Å². The van der Waals surface area contributed by atoms with E-state index in [1.54, 1.807) is 0 Å². The van der Waals surface area contributed by atoms with Gasteiger partial charge in [0, 0.05) is 23.2 Å². The van der Waals surface area contributed by atoms with Crippen LogP contribution >= 0.6 is 11.8 Å². The highest BCUT2D eigenvalue weighted by atomic mass is 32.2. The lowest BCUT2D eigenvalue weighted by atomic mass is 10.1. The summed E-state index contributed by atoms with van der Waals surface area (Å²) in [5.74, 6) is 1.03. The van der Waals surface area contributed by atoms with Crippen LogP contribution in [-0.2, 0) is 12.3 Å². The van der Waals surface area contributed by atoms with Crippen LogP contribution in [0.5, 0.6) is 0 Å². The fourth-order valence-corrected chi connectivity index (χ4v) is 3.41. The van der Waals surface area contributed by atoms with Crippen LogP contribution in [-0.4, -0.2) is 6.04 Å². The van der Waals surface area contributed by atoms with E-state index in [1.165, 1.54) is 27.1 Å². The van der Waals surface area contributed by atoms with Crippen molar-refractivity contribution in [2.45, 2.75) is 50.9 Å². The van der Waals surface area contributed by atoms with E-state index in [-0.39, 0.29) is 0 Å². The Morgan fingerprint density at radius 1 is 1.00 bits per heavy atom. The van der Waals surface area contributed by atoms with Gasteiger partial charge in [-0.15, -0.1) is 11.8 Å². The second-order valence-electron chi connectivity index (χ2n) is 5.93. The van der Waals surface area contributed by atoms with E-state index >= 15 is 0 Å². The Hall–Kier alpha value is -1.25. The molecule has 0 fully saturated rings. The van der Waals surface area contributed by atoms with Crippen molar-refractivity contribution in [2.24, 2.45) is 0 Å². The summed E-state index contributed by atoms with van der Waals surface area (Å²) in [5.41, 5.74) is 5.49. The van der Waals surface area contributed by atoms with Gasteiger partial charge in [-0.05, 0) is 31.0 Å². The molecule has 1 N–H and O–H groups in total. The zero-order valence-corrected chi connectivity index (χ0v) is 14.3. The van der Waals surface area contributed by atoms with Crippen molar-refractivity contribution in [3.8, 4) is 0 Å². The molecule has 0 aliphatic carbocycles. The average molecular weight is 299 g/mol. The average Bonchev–Trinajstić information content (AvgIpc) is 2.42. The van der Waals surface area contributed by atoms with Crippen LogP contribution in [0, 0.1) is 13.8 Å². The number of rotatable bonds is 6. The standard InChI is InChI=1S/C19H25NS/c1-14(2)20-12-18-7-5-6-8-19(18)21-13-17-10-15(3)9-16(4)11-17/h5-11,14,20H,12-13H2,1-4H3. The first-order valence-corrected chi connectivity index (χ1v) is 8.54. The molecule has 0 saturated heterocycles. The lowest BCUT2D eigenvalue weighted by Gasteiger charge is -2.12. The van der Waals surface area contributed by atoms with Crippen molar-refractivity contribution in [1.82, 2.24) is 5.32 Å². The Kier molecular flexibility index (Phi) is 5.89. The highest BCUT2D eigenvalue weighted by Crippen LogP contribution is 2.27. The summed E-state index contributed by atoms with van der Waals surface area (Å²) in [7, 11) is 0. The van der Waals surface area contributed by atoms with Crippen LogP contribution in [0.3, 0.4) is 0 Å². The molecule has 2 rings (SSSR count). The predicted molar refractivity (Wildman–Crippen MR) is 93.9 cm³/mol. The van der Waals surface area contributed by atoms with Gasteiger partial charge < -0.3 is 5.32 Å². The van der Waals surface area contributed by atoms with E-state index < -0.39 is 0 Å². The van der Waals surface area contributed by atoms with Crippen molar-refractivity contribution in [3.05, 3.63) is 64.7 Å². The summed E-state index contributed by atoms with van der Waals surface area (Å²) < 4.78 is 0. The van der Waals surface area contributed by atoms with Gasteiger partial charge in [0.05, 0.1) is 0 Å². The van der Waals surface area contributed by atoms with Gasteiger partial charge in [-0.2, -0.15) is 0 Å². The molecule has 2 heteroatoms. The molecule has 0 aromatic heterocycles. The van der Waals surface area contributed by atoms with Crippen molar-refractivity contribution in [1.29, 1.82) is 0 Å². The van der Waals surface area contributed by atoms with Crippen LogP contribution in [0.2, 0.25) is 0 Å². The minimum atomic E-state index is 0.516. The number of nitrogens with one attached hydrogen (secondary N) is 1. The van der Waals surface area contributed by atoms with E-state index in [4.69, 9.17) is 0 Å². The summed E-state index contributed by atoms with van der Waals surface area (Å²) >= 11 is 1.93. The van der Waals surface area contributed by atoms with Crippen molar-refractivity contribution >= 4 is 11.8 Å². The van der Waals surface area contributed by atoms with Crippen molar-refractivity contribution in [3.63, 3.8) is 0 Å². The number of hydrogen-bond acceptors (Lipinski definition) is 2. The zero-order chi connectivity index (χ0) is 15.2. The number of benzene rings is 2. The molecule has 0 aliphatic rings. The summed E-state index contributed by atoms with van der Waals surface area (Å²) in [4.78, 5) is 1.38. The van der Waals surface area contributed by atoms with E-state index in [0.717, 1.165) is 12.3 Å². The number of aryl methyl sites for hydroxylation is 2. The van der Waals surface area contributed by atoms with E-state index in [2.05, 4.69) is 75.5 Å². The molecule has 2 aromatic carbocycles. The van der Waals surface area contributed by atoms with Crippen LogP contribution in [0.25, 0.3) is 0 Å². The summed E-state index contributed by atoms with van der Waals surface area (Å²) in [6.45, 7) is 9.65. The minimum absolute atomic E-state index is 0.516. The molecular weight excluding hydrogens is 274 g/mol. The SMILES string of the molecule is Cc1cc(C)cc(CSc2ccccc2CNC(C)C)c1. The van der Waals surface area contributed by atoms with Crippen molar-refractivity contribution in [2.75, 3.05) is 0 Å². The molecule has 0 radical (unpaired) electrons. The summed E-state index contributed by atoms with van der Waals surface area (Å²) in [5, 5.41) is 3.51. The fourth-order valence-electron chi connectivity index (χ4n) is 2.42. The Morgan fingerprint density at radius 2 is 1.67 bits per heavy atom. The number of thioether (sulfide) groups is 1. The monoisotopic (exact) mass is 299 g/mol. The van der Waals surface area contributed by atoms with Crippen LogP contribution in [0.1, 0.15) is 36.1 Å². The molecule has 0 aliphatic heterocycles. The molecule has 0 unspecified atom stereocenters. The minimum Gasteiger partial charge on any atom is -0.310 e. The Morgan fingerprint density at radius 3 is 2.33 bits per heavy atom. The molecule has 0 saturated carbocycles. The third-order valence-corrected chi connectivity index (χ3v) is 4.54. The molecule has 2 aromatic rings. The van der Waals surface area contributed by atoms with Gasteiger partial charge in [0.2, 0.25) is 0 Å². The summed E-state index contributed by atoms with van der Waals surface area (Å²) in [6, 6.07) is 16.0.